The van der Waals surface area contributed by atoms with Crippen molar-refractivity contribution in [2.24, 2.45) is 0 Å². The standard InChI is InChI=1S/C60H42N2Si/c1-6-21-43(22-7-1)44-37-39-46(40-38-44)61-53-33-18-16-31-51(53)58-50(45-23-8-2-9-24-45)41-42-56(60(58)61)62-54-34-19-17-32-52(54)59-55(62)35-20-36-57(59)63(47-25-10-3-11-26-47,48-27-12-4-13-28-48)49-29-14-5-15-30-49/h1-42H. The van der Waals surface area contributed by atoms with Crippen molar-refractivity contribution in [3.8, 4) is 33.6 Å². The highest BCUT2D eigenvalue weighted by Gasteiger charge is 2.43. The first kappa shape index (κ1) is 36.8. The molecule has 3 heteroatoms. The monoisotopic (exact) mass is 818 g/mol. The van der Waals surface area contributed by atoms with Gasteiger partial charge in [-0.3, -0.25) is 0 Å². The van der Waals surface area contributed by atoms with Gasteiger partial charge in [0.25, 0.3) is 0 Å². The first-order valence-corrected chi connectivity index (χ1v) is 23.8. The van der Waals surface area contributed by atoms with Crippen molar-refractivity contribution in [1.29, 1.82) is 0 Å². The summed E-state index contributed by atoms with van der Waals surface area (Å²) >= 11 is 0. The molecule has 2 aromatic heterocycles. The summed E-state index contributed by atoms with van der Waals surface area (Å²) in [5.74, 6) is 0. The zero-order chi connectivity index (χ0) is 41.7. The molecular weight excluding hydrogens is 777 g/mol. The van der Waals surface area contributed by atoms with E-state index in [-0.39, 0.29) is 0 Å². The van der Waals surface area contributed by atoms with Gasteiger partial charge in [0.05, 0.1) is 27.8 Å². The zero-order valence-corrected chi connectivity index (χ0v) is 35.6. The Morgan fingerprint density at radius 1 is 0.286 bits per heavy atom. The molecule has 0 radical (unpaired) electrons. The molecule has 10 aromatic carbocycles. The Bertz CT molecular complexity index is 3480. The molecule has 0 aliphatic rings. The number of hydrogen-bond donors (Lipinski definition) is 0. The van der Waals surface area contributed by atoms with Gasteiger partial charge in [-0.15, -0.1) is 0 Å². The predicted octanol–water partition coefficient (Wildman–Crippen LogP) is 12.6. The third kappa shape index (κ3) is 5.78. The maximum atomic E-state index is 2.55. The van der Waals surface area contributed by atoms with E-state index in [0.29, 0.717) is 0 Å². The van der Waals surface area contributed by atoms with Crippen LogP contribution in [0.3, 0.4) is 0 Å². The van der Waals surface area contributed by atoms with E-state index in [1.54, 1.807) is 0 Å². The molecule has 0 N–H and O–H groups in total. The fourth-order valence-electron chi connectivity index (χ4n) is 10.4. The summed E-state index contributed by atoms with van der Waals surface area (Å²) in [5, 5.41) is 10.5. The van der Waals surface area contributed by atoms with Crippen LogP contribution < -0.4 is 20.7 Å². The van der Waals surface area contributed by atoms with Gasteiger partial charge in [0, 0.05) is 27.2 Å². The van der Waals surface area contributed by atoms with Gasteiger partial charge >= 0.3 is 0 Å². The van der Waals surface area contributed by atoms with E-state index in [0.717, 1.165) is 11.4 Å². The van der Waals surface area contributed by atoms with Crippen molar-refractivity contribution in [2.45, 2.75) is 0 Å². The largest absolute Gasteiger partial charge is 0.307 e. The fourth-order valence-corrected chi connectivity index (χ4v) is 15.4. The maximum absolute atomic E-state index is 2.92. The van der Waals surface area contributed by atoms with Crippen LogP contribution in [-0.4, -0.2) is 17.2 Å². The van der Waals surface area contributed by atoms with Gasteiger partial charge in [-0.1, -0.05) is 218 Å². The summed E-state index contributed by atoms with van der Waals surface area (Å²) in [4.78, 5) is 0. The van der Waals surface area contributed by atoms with E-state index in [1.165, 1.54) is 86.6 Å². The second-order valence-electron chi connectivity index (χ2n) is 16.4. The minimum atomic E-state index is -2.92. The average molecular weight is 819 g/mol. The van der Waals surface area contributed by atoms with Gasteiger partial charge in [-0.25, -0.2) is 0 Å². The highest BCUT2D eigenvalue weighted by Crippen LogP contribution is 2.44. The second-order valence-corrected chi connectivity index (χ2v) is 20.2. The molecule has 0 bridgehead atoms. The normalized spacial score (nSPS) is 11.8. The van der Waals surface area contributed by atoms with Gasteiger partial charge in [-0.2, -0.15) is 0 Å². The van der Waals surface area contributed by atoms with Crippen LogP contribution in [-0.2, 0) is 0 Å². The van der Waals surface area contributed by atoms with Gasteiger partial charge in [-0.05, 0) is 79.4 Å². The Morgan fingerprint density at radius 3 is 1.30 bits per heavy atom. The molecule has 0 saturated heterocycles. The topological polar surface area (TPSA) is 9.86 Å². The van der Waals surface area contributed by atoms with Crippen LogP contribution in [0.15, 0.2) is 255 Å². The van der Waals surface area contributed by atoms with E-state index >= 15 is 0 Å². The highest BCUT2D eigenvalue weighted by atomic mass is 28.3. The van der Waals surface area contributed by atoms with Crippen LogP contribution >= 0.6 is 0 Å². The number of nitrogens with zero attached hydrogens (tertiary/aromatic N) is 2. The van der Waals surface area contributed by atoms with Crippen molar-refractivity contribution in [2.75, 3.05) is 0 Å². The van der Waals surface area contributed by atoms with Gasteiger partial charge < -0.3 is 9.13 Å². The summed E-state index contributed by atoms with van der Waals surface area (Å²) in [6.07, 6.45) is 0. The molecule has 2 heterocycles. The Balaban J connectivity index is 1.23. The summed E-state index contributed by atoms with van der Waals surface area (Å²) in [6.45, 7) is 0. The molecule has 0 unspecified atom stereocenters. The number of benzene rings is 10. The van der Waals surface area contributed by atoms with E-state index < -0.39 is 8.07 Å². The van der Waals surface area contributed by atoms with Crippen LogP contribution in [0.5, 0.6) is 0 Å². The molecule has 63 heavy (non-hydrogen) atoms. The third-order valence-electron chi connectivity index (χ3n) is 13.1. The lowest BCUT2D eigenvalue weighted by Crippen LogP contribution is -2.74. The van der Waals surface area contributed by atoms with Crippen molar-refractivity contribution in [1.82, 2.24) is 9.13 Å². The number of fused-ring (bicyclic) bond motifs is 6. The highest BCUT2D eigenvalue weighted by molar-refractivity contribution is 7.20. The lowest BCUT2D eigenvalue weighted by Gasteiger charge is -2.35. The Labute approximate surface area is 368 Å². The molecule has 0 atom stereocenters. The molecule has 12 rings (SSSR count). The zero-order valence-electron chi connectivity index (χ0n) is 34.6. The fraction of sp³-hybridized carbons (Fsp3) is 0. The molecular formula is C60H42N2Si. The number of hydrogen-bond acceptors (Lipinski definition) is 0. The summed E-state index contributed by atoms with van der Waals surface area (Å²) in [6, 6.07) is 94.3. The van der Waals surface area contributed by atoms with Crippen LogP contribution in [0, 0.1) is 0 Å². The lowest BCUT2D eigenvalue weighted by molar-refractivity contribution is 1.13. The SMILES string of the molecule is c1ccc(-c2ccc(-n3c4ccccc4c4c(-c5ccccc5)ccc(-n5c6ccccc6c6c([Si](c7ccccc7)(c7ccccc7)c7ccccc7)cccc65)c43)cc2)cc1. The first-order chi connectivity index (χ1) is 31.3. The summed E-state index contributed by atoms with van der Waals surface area (Å²) in [7, 11) is -2.92. The van der Waals surface area contributed by atoms with E-state index in [1.807, 2.05) is 0 Å². The summed E-state index contributed by atoms with van der Waals surface area (Å²) < 4.78 is 5.06. The molecule has 0 aliphatic carbocycles. The third-order valence-corrected chi connectivity index (χ3v) is 17.9. The average Bonchev–Trinajstić information content (AvgIpc) is 3.90. The molecule has 0 amide bonds. The van der Waals surface area contributed by atoms with Crippen molar-refractivity contribution < 1.29 is 0 Å². The van der Waals surface area contributed by atoms with Crippen LogP contribution in [0.1, 0.15) is 0 Å². The predicted molar refractivity (Wildman–Crippen MR) is 270 cm³/mol. The van der Waals surface area contributed by atoms with Crippen LogP contribution in [0.2, 0.25) is 0 Å². The second kappa shape index (κ2) is 15.2. The molecule has 0 aliphatic heterocycles. The molecule has 12 aromatic rings. The molecule has 0 saturated carbocycles. The Hall–Kier alpha value is -7.98. The molecule has 0 spiro atoms. The first-order valence-electron chi connectivity index (χ1n) is 21.8. The molecule has 0 fully saturated rings. The minimum Gasteiger partial charge on any atom is -0.307 e. The Kier molecular flexibility index (Phi) is 8.87. The lowest BCUT2D eigenvalue weighted by atomic mass is 9.98. The van der Waals surface area contributed by atoms with Crippen molar-refractivity contribution in [3.63, 3.8) is 0 Å². The van der Waals surface area contributed by atoms with E-state index in [2.05, 4.69) is 264 Å². The maximum Gasteiger partial charge on any atom is 0.180 e. The van der Waals surface area contributed by atoms with Gasteiger partial charge in [0.2, 0.25) is 0 Å². The molecule has 2 nitrogen and oxygen atoms in total. The van der Waals surface area contributed by atoms with Crippen LogP contribution in [0.4, 0.5) is 0 Å². The Morgan fingerprint density at radius 2 is 0.730 bits per heavy atom. The number of rotatable bonds is 8. The van der Waals surface area contributed by atoms with Crippen molar-refractivity contribution >= 4 is 72.4 Å². The smallest absolute Gasteiger partial charge is 0.180 e. The van der Waals surface area contributed by atoms with Gasteiger partial charge in [0.1, 0.15) is 0 Å². The van der Waals surface area contributed by atoms with E-state index in [9.17, 15) is 0 Å². The quantitative estimate of drug-likeness (QED) is 0.107. The minimum absolute atomic E-state index is 1.12. The van der Waals surface area contributed by atoms with Gasteiger partial charge in [0.15, 0.2) is 8.07 Å². The number of aromatic nitrogens is 2. The number of para-hydroxylation sites is 2. The van der Waals surface area contributed by atoms with Crippen LogP contribution in [0.25, 0.3) is 77.2 Å². The van der Waals surface area contributed by atoms with E-state index in [4.69, 9.17) is 0 Å². The molecule has 296 valence electrons. The summed E-state index contributed by atoms with van der Waals surface area (Å²) in [5.41, 5.74) is 11.8. The van der Waals surface area contributed by atoms with Crippen molar-refractivity contribution in [3.05, 3.63) is 255 Å².